The van der Waals surface area contributed by atoms with Gasteiger partial charge in [-0.25, -0.2) is 4.79 Å². The van der Waals surface area contributed by atoms with Crippen molar-refractivity contribution in [2.45, 2.75) is 86.2 Å². The number of carbonyl (C=O) groups excluding carboxylic acids is 1. The third kappa shape index (κ3) is 33.1. The molecular formula is C25H54O8. The van der Waals surface area contributed by atoms with Crippen LogP contribution in [-0.4, -0.2) is 74.0 Å². The average Bonchev–Trinajstić information content (AvgIpc) is 3.28. The molecule has 1 atom stereocenters. The summed E-state index contributed by atoms with van der Waals surface area (Å²) in [5.41, 5.74) is 0. The van der Waals surface area contributed by atoms with Crippen LogP contribution in [0.3, 0.4) is 0 Å². The van der Waals surface area contributed by atoms with E-state index < -0.39 is 6.16 Å². The second-order valence-electron chi connectivity index (χ2n) is 6.91. The van der Waals surface area contributed by atoms with Gasteiger partial charge in [-0.05, 0) is 58.8 Å². The molecule has 1 aliphatic carbocycles. The molecule has 0 aromatic rings. The molecule has 8 nitrogen and oxygen atoms in total. The highest BCUT2D eigenvalue weighted by molar-refractivity contribution is 5.61. The van der Waals surface area contributed by atoms with Gasteiger partial charge in [0.15, 0.2) is 0 Å². The molecule has 1 aliphatic heterocycles. The summed E-state index contributed by atoms with van der Waals surface area (Å²) < 4.78 is 18.4. The predicted octanol–water partition coefficient (Wildman–Crippen LogP) is 4.94. The van der Waals surface area contributed by atoms with E-state index in [1.165, 1.54) is 32.1 Å². The number of cyclic esters (lactones) is 2. The lowest BCUT2D eigenvalue weighted by Gasteiger charge is -2.26. The van der Waals surface area contributed by atoms with Crippen LogP contribution in [0.4, 0.5) is 4.79 Å². The Labute approximate surface area is 203 Å². The first-order chi connectivity index (χ1) is 15.9. The fourth-order valence-electron chi connectivity index (χ4n) is 2.68. The monoisotopic (exact) mass is 482 g/mol. The SMILES string of the molecule is C=C.CCC1CCC(CO)CC1.CCC1COC(=O)O1.CCO.CCOCC.CCOCO. The second-order valence-corrected chi connectivity index (χ2v) is 6.91. The minimum absolute atomic E-state index is 0.00231. The zero-order valence-electron chi connectivity index (χ0n) is 22.2. The fraction of sp³-hybridized carbons (Fsp3) is 0.880. The number of ether oxygens (including phenoxy) is 4. The quantitative estimate of drug-likeness (QED) is 0.265. The molecule has 1 saturated carbocycles. The molecule has 0 aromatic carbocycles. The van der Waals surface area contributed by atoms with Crippen molar-refractivity contribution in [3.63, 3.8) is 0 Å². The molecule has 0 bridgehead atoms. The summed E-state index contributed by atoms with van der Waals surface area (Å²) in [5, 5.41) is 24.3. The first-order valence-electron chi connectivity index (χ1n) is 12.2. The van der Waals surface area contributed by atoms with Crippen molar-refractivity contribution < 1.29 is 39.1 Å². The van der Waals surface area contributed by atoms with Crippen LogP contribution in [0.25, 0.3) is 0 Å². The van der Waals surface area contributed by atoms with Gasteiger partial charge in [0.1, 0.15) is 19.5 Å². The Hall–Kier alpha value is -1.19. The van der Waals surface area contributed by atoms with E-state index >= 15 is 0 Å². The van der Waals surface area contributed by atoms with E-state index in [-0.39, 0.29) is 19.5 Å². The summed E-state index contributed by atoms with van der Waals surface area (Å²) in [6, 6.07) is 0. The Morgan fingerprint density at radius 2 is 1.27 bits per heavy atom. The van der Waals surface area contributed by atoms with Crippen LogP contribution < -0.4 is 0 Å². The number of carbonyl (C=O) groups is 1. The summed E-state index contributed by atoms with van der Waals surface area (Å²) in [6.07, 6.45) is 6.86. The smallest absolute Gasteiger partial charge is 0.430 e. The zero-order valence-corrected chi connectivity index (χ0v) is 22.2. The lowest BCUT2D eigenvalue weighted by atomic mass is 9.81. The van der Waals surface area contributed by atoms with E-state index in [0.29, 0.717) is 25.7 Å². The molecule has 1 heterocycles. The Balaban J connectivity index is -0.000000165. The lowest BCUT2D eigenvalue weighted by molar-refractivity contribution is 0.00539. The number of hydrogen-bond acceptors (Lipinski definition) is 8. The first-order valence-corrected chi connectivity index (χ1v) is 12.2. The van der Waals surface area contributed by atoms with Crippen molar-refractivity contribution in [3.8, 4) is 0 Å². The normalized spacial score (nSPS) is 20.2. The molecule has 0 spiro atoms. The third-order valence-electron chi connectivity index (χ3n) is 4.61. The standard InChI is InChI=1S/C9H18O.C5H8O3.C4H10O.C3H8O2.C2H6O.C2H4/c1-2-8-3-5-9(7-10)6-4-8;1-2-4-3-7-5(6)8-4;1-3-5-4-2;1-2-5-3-4;1-2-3;1-2/h8-10H,2-7H2,1H3;4H,2-3H2,1H3;3-4H2,1-2H3;4H,2-3H2,1H3;3H,2H2,1H3;1-2H2. The van der Waals surface area contributed by atoms with Gasteiger partial charge in [-0.1, -0.05) is 33.1 Å². The van der Waals surface area contributed by atoms with E-state index in [9.17, 15) is 4.79 Å². The molecule has 1 saturated heterocycles. The molecule has 2 aliphatic rings. The van der Waals surface area contributed by atoms with Gasteiger partial charge in [0.25, 0.3) is 0 Å². The molecule has 2 fully saturated rings. The van der Waals surface area contributed by atoms with Crippen molar-refractivity contribution in [1.82, 2.24) is 0 Å². The number of rotatable bonds is 7. The molecule has 2 rings (SSSR count). The van der Waals surface area contributed by atoms with E-state index in [1.54, 1.807) is 6.92 Å². The van der Waals surface area contributed by atoms with Crippen LogP contribution in [0.5, 0.6) is 0 Å². The van der Waals surface area contributed by atoms with Crippen LogP contribution in [-0.2, 0) is 18.9 Å². The topological polar surface area (TPSA) is 115 Å². The fourth-order valence-corrected chi connectivity index (χ4v) is 2.68. The molecule has 0 amide bonds. The maximum absolute atomic E-state index is 10.2. The summed E-state index contributed by atoms with van der Waals surface area (Å²) >= 11 is 0. The lowest BCUT2D eigenvalue weighted by Crippen LogP contribution is -2.16. The number of hydrogen-bond donors (Lipinski definition) is 3. The van der Waals surface area contributed by atoms with Crippen molar-refractivity contribution in [2.24, 2.45) is 11.8 Å². The highest BCUT2D eigenvalue weighted by atomic mass is 16.8. The van der Waals surface area contributed by atoms with E-state index in [4.69, 9.17) is 20.1 Å². The van der Waals surface area contributed by atoms with E-state index in [2.05, 4.69) is 34.3 Å². The van der Waals surface area contributed by atoms with Crippen molar-refractivity contribution in [3.05, 3.63) is 13.2 Å². The van der Waals surface area contributed by atoms with Crippen LogP contribution >= 0.6 is 0 Å². The Morgan fingerprint density at radius 1 is 0.818 bits per heavy atom. The predicted molar refractivity (Wildman–Crippen MR) is 134 cm³/mol. The van der Waals surface area contributed by atoms with Gasteiger partial charge in [-0.2, -0.15) is 0 Å². The first kappa shape index (κ1) is 39.0. The van der Waals surface area contributed by atoms with Gasteiger partial charge >= 0.3 is 6.16 Å². The van der Waals surface area contributed by atoms with Crippen molar-refractivity contribution in [1.29, 1.82) is 0 Å². The van der Waals surface area contributed by atoms with Gasteiger partial charge in [-0.3, -0.25) is 0 Å². The summed E-state index contributed by atoms with van der Waals surface area (Å²) in [4.78, 5) is 10.2. The van der Waals surface area contributed by atoms with Crippen LogP contribution in [0.2, 0.25) is 0 Å². The van der Waals surface area contributed by atoms with E-state index in [1.807, 2.05) is 27.7 Å². The average molecular weight is 483 g/mol. The highest BCUT2D eigenvalue weighted by Crippen LogP contribution is 2.29. The van der Waals surface area contributed by atoms with Crippen LogP contribution in [0.1, 0.15) is 80.1 Å². The molecule has 202 valence electrons. The molecule has 33 heavy (non-hydrogen) atoms. The second kappa shape index (κ2) is 35.4. The van der Waals surface area contributed by atoms with Gasteiger partial charge in [-0.15, -0.1) is 13.2 Å². The molecule has 0 aromatic heterocycles. The Morgan fingerprint density at radius 3 is 1.45 bits per heavy atom. The van der Waals surface area contributed by atoms with Crippen molar-refractivity contribution in [2.75, 3.05) is 46.4 Å². The molecular weight excluding hydrogens is 428 g/mol. The number of aliphatic hydroxyl groups is 3. The van der Waals surface area contributed by atoms with E-state index in [0.717, 1.165) is 25.6 Å². The number of aliphatic hydroxyl groups excluding tert-OH is 3. The summed E-state index contributed by atoms with van der Waals surface area (Å²) in [7, 11) is 0. The van der Waals surface area contributed by atoms with Crippen LogP contribution in [0, 0.1) is 11.8 Å². The molecule has 1 unspecified atom stereocenters. The molecule has 0 radical (unpaired) electrons. The maximum atomic E-state index is 10.2. The van der Waals surface area contributed by atoms with Gasteiger partial charge < -0.3 is 34.3 Å². The maximum Gasteiger partial charge on any atom is 0.508 e. The molecule has 8 heteroatoms. The largest absolute Gasteiger partial charge is 0.508 e. The van der Waals surface area contributed by atoms with Gasteiger partial charge in [0, 0.05) is 33.0 Å². The summed E-state index contributed by atoms with van der Waals surface area (Å²) in [5.74, 6) is 1.59. The van der Waals surface area contributed by atoms with Crippen molar-refractivity contribution >= 4 is 6.16 Å². The van der Waals surface area contributed by atoms with Crippen LogP contribution in [0.15, 0.2) is 13.2 Å². The summed E-state index contributed by atoms with van der Waals surface area (Å²) in [6.45, 7) is 20.9. The third-order valence-corrected chi connectivity index (χ3v) is 4.61. The minimum Gasteiger partial charge on any atom is -0.430 e. The molecule has 3 N–H and O–H groups in total. The van der Waals surface area contributed by atoms with Gasteiger partial charge in [0.2, 0.25) is 0 Å². The Bertz CT molecular complexity index is 325. The zero-order chi connectivity index (χ0) is 26.3. The minimum atomic E-state index is -0.531. The van der Waals surface area contributed by atoms with Gasteiger partial charge in [0.05, 0.1) is 0 Å². The highest BCUT2D eigenvalue weighted by Gasteiger charge is 2.22. The Kier molecular flexibility index (Phi) is 41.9.